The third kappa shape index (κ3) is 1.82. The van der Waals surface area contributed by atoms with Crippen LogP contribution in [-0.2, 0) is 7.05 Å². The molecule has 0 unspecified atom stereocenters. The molecule has 0 saturated carbocycles. The minimum Gasteiger partial charge on any atom is -0.493 e. The second-order valence-electron chi connectivity index (χ2n) is 4.16. The number of benzene rings is 1. The van der Waals surface area contributed by atoms with Gasteiger partial charge in [-0.1, -0.05) is 18.2 Å². The molecule has 19 heavy (non-hydrogen) atoms. The number of hydrogen-bond donors (Lipinski definition) is 0. The summed E-state index contributed by atoms with van der Waals surface area (Å²) in [5, 5.41) is 6.93. The van der Waals surface area contributed by atoms with Crippen LogP contribution in [-0.4, -0.2) is 22.7 Å². The van der Waals surface area contributed by atoms with E-state index in [1.54, 1.807) is 36.4 Å². The van der Waals surface area contributed by atoms with Crippen LogP contribution in [0.5, 0.6) is 5.75 Å². The summed E-state index contributed by atoms with van der Waals surface area (Å²) in [7, 11) is 3.28. The lowest BCUT2D eigenvalue weighted by atomic mass is 10.1. The van der Waals surface area contributed by atoms with Gasteiger partial charge in [0.15, 0.2) is 11.4 Å². The normalized spacial score (nSPS) is 10.8. The molecule has 0 spiro atoms. The minimum absolute atomic E-state index is 0.0608. The van der Waals surface area contributed by atoms with Crippen molar-refractivity contribution < 1.29 is 9.53 Å². The Bertz CT molecular complexity index is 758. The van der Waals surface area contributed by atoms with E-state index in [9.17, 15) is 4.79 Å². The van der Waals surface area contributed by atoms with Crippen molar-refractivity contribution in [2.75, 3.05) is 7.11 Å². The molecule has 1 aromatic carbocycles. The molecule has 3 rings (SSSR count). The first-order chi connectivity index (χ1) is 9.22. The molecule has 0 saturated heterocycles. The fraction of sp³-hybridized carbons (Fsp3) is 0.143. The van der Waals surface area contributed by atoms with Gasteiger partial charge in [-0.15, -0.1) is 11.3 Å². The van der Waals surface area contributed by atoms with Crippen molar-refractivity contribution in [2.45, 2.75) is 0 Å². The summed E-state index contributed by atoms with van der Waals surface area (Å²) in [5.74, 6) is 0.442. The zero-order valence-corrected chi connectivity index (χ0v) is 11.4. The van der Waals surface area contributed by atoms with E-state index in [1.165, 1.54) is 0 Å². The number of rotatable bonds is 3. The van der Waals surface area contributed by atoms with Gasteiger partial charge in [-0.25, -0.2) is 0 Å². The summed E-state index contributed by atoms with van der Waals surface area (Å²) in [4.78, 5) is 12.6. The van der Waals surface area contributed by atoms with Crippen LogP contribution in [0.15, 0.2) is 35.8 Å². The molecule has 0 bridgehead atoms. The lowest BCUT2D eigenvalue weighted by Gasteiger charge is -2.03. The molecule has 5 heteroatoms. The Morgan fingerprint density at radius 3 is 2.95 bits per heavy atom. The zero-order chi connectivity index (χ0) is 13.4. The van der Waals surface area contributed by atoms with E-state index in [0.717, 1.165) is 10.1 Å². The molecule has 0 radical (unpaired) electrons. The maximum Gasteiger partial charge on any atom is 0.216 e. The Morgan fingerprint density at radius 1 is 1.37 bits per heavy atom. The summed E-state index contributed by atoms with van der Waals surface area (Å²) < 4.78 is 7.85. The van der Waals surface area contributed by atoms with Gasteiger partial charge in [0.1, 0.15) is 0 Å². The molecule has 2 heterocycles. The number of nitrogens with zero attached hydrogens (tertiary/aromatic N) is 2. The fourth-order valence-electron chi connectivity index (χ4n) is 2.11. The smallest absolute Gasteiger partial charge is 0.216 e. The molecule has 0 amide bonds. The van der Waals surface area contributed by atoms with Gasteiger partial charge in [-0.2, -0.15) is 5.10 Å². The van der Waals surface area contributed by atoms with Crippen molar-refractivity contribution in [1.29, 1.82) is 0 Å². The van der Waals surface area contributed by atoms with Gasteiger partial charge >= 0.3 is 0 Å². The van der Waals surface area contributed by atoms with Crippen LogP contribution in [0, 0.1) is 0 Å². The molecular weight excluding hydrogens is 260 g/mol. The second-order valence-corrected chi connectivity index (χ2v) is 5.07. The first-order valence-corrected chi connectivity index (χ1v) is 6.67. The highest BCUT2D eigenvalue weighted by atomic mass is 32.1. The van der Waals surface area contributed by atoms with Crippen molar-refractivity contribution in [3.8, 4) is 5.75 Å². The topological polar surface area (TPSA) is 44.1 Å². The number of methoxy groups -OCH3 is 1. The Labute approximate surface area is 114 Å². The van der Waals surface area contributed by atoms with Crippen LogP contribution < -0.4 is 4.74 Å². The predicted molar refractivity (Wildman–Crippen MR) is 75.0 cm³/mol. The van der Waals surface area contributed by atoms with Gasteiger partial charge in [-0.05, 0) is 6.07 Å². The van der Waals surface area contributed by atoms with Gasteiger partial charge in [0.05, 0.1) is 13.3 Å². The number of aromatic nitrogens is 2. The van der Waals surface area contributed by atoms with E-state index >= 15 is 0 Å². The van der Waals surface area contributed by atoms with Crippen LogP contribution in [0.2, 0.25) is 0 Å². The van der Waals surface area contributed by atoms with E-state index in [0.29, 0.717) is 17.0 Å². The summed E-state index contributed by atoms with van der Waals surface area (Å²) in [6.07, 6.45) is 1.56. The average molecular weight is 272 g/mol. The number of hydrogen-bond acceptors (Lipinski definition) is 4. The van der Waals surface area contributed by atoms with Crippen LogP contribution in [0.4, 0.5) is 0 Å². The van der Waals surface area contributed by atoms with Gasteiger partial charge in [0.2, 0.25) is 5.78 Å². The SMILES string of the molecule is COc1cnn(C)c1C(=O)c1csc2ccccc12. The monoisotopic (exact) mass is 272 g/mol. The third-order valence-electron chi connectivity index (χ3n) is 3.07. The molecule has 2 aromatic heterocycles. The zero-order valence-electron chi connectivity index (χ0n) is 10.6. The number of thiophene rings is 1. The number of ether oxygens (including phenoxy) is 1. The van der Waals surface area contributed by atoms with E-state index in [-0.39, 0.29) is 5.78 Å². The number of fused-ring (bicyclic) bond motifs is 1. The maximum absolute atomic E-state index is 12.6. The van der Waals surface area contributed by atoms with Gasteiger partial charge in [-0.3, -0.25) is 9.48 Å². The van der Waals surface area contributed by atoms with E-state index < -0.39 is 0 Å². The quantitative estimate of drug-likeness (QED) is 0.689. The Hall–Kier alpha value is -2.14. The van der Waals surface area contributed by atoms with Crippen LogP contribution in [0.1, 0.15) is 16.1 Å². The number of carbonyl (C=O) groups is 1. The Morgan fingerprint density at radius 2 is 2.16 bits per heavy atom. The van der Waals surface area contributed by atoms with Crippen LogP contribution in [0.25, 0.3) is 10.1 Å². The molecule has 3 aromatic rings. The molecule has 0 N–H and O–H groups in total. The number of aryl methyl sites for hydroxylation is 1. The van der Waals surface area contributed by atoms with Gasteiger partial charge in [0.25, 0.3) is 0 Å². The molecule has 0 aliphatic rings. The molecular formula is C14H12N2O2S. The molecule has 0 aliphatic heterocycles. The second kappa shape index (κ2) is 4.51. The maximum atomic E-state index is 12.6. The highest BCUT2D eigenvalue weighted by molar-refractivity contribution is 7.17. The largest absolute Gasteiger partial charge is 0.493 e. The first kappa shape index (κ1) is 11.9. The Kier molecular flexibility index (Phi) is 2.83. The average Bonchev–Trinajstić information content (AvgIpc) is 3.01. The van der Waals surface area contributed by atoms with E-state index in [2.05, 4.69) is 5.10 Å². The number of ketones is 1. The molecule has 0 atom stereocenters. The highest BCUT2D eigenvalue weighted by Crippen LogP contribution is 2.29. The van der Waals surface area contributed by atoms with Crippen molar-refractivity contribution >= 4 is 27.2 Å². The molecule has 0 fully saturated rings. The lowest BCUT2D eigenvalue weighted by molar-refractivity contribution is 0.102. The fourth-order valence-corrected chi connectivity index (χ4v) is 3.05. The van der Waals surface area contributed by atoms with Gasteiger partial charge in [0, 0.05) is 28.1 Å². The molecule has 4 nitrogen and oxygen atoms in total. The first-order valence-electron chi connectivity index (χ1n) is 5.79. The van der Waals surface area contributed by atoms with Crippen molar-refractivity contribution in [2.24, 2.45) is 7.05 Å². The molecule has 0 aliphatic carbocycles. The summed E-state index contributed by atoms with van der Waals surface area (Å²) >= 11 is 1.57. The van der Waals surface area contributed by atoms with Crippen LogP contribution >= 0.6 is 11.3 Å². The number of carbonyl (C=O) groups excluding carboxylic acids is 1. The minimum atomic E-state index is -0.0608. The lowest BCUT2D eigenvalue weighted by Crippen LogP contribution is -2.09. The standard InChI is InChI=1S/C14H12N2O2S/c1-16-13(11(18-2)7-15-16)14(17)10-8-19-12-6-4-3-5-9(10)12/h3-8H,1-2H3. The molecule has 96 valence electrons. The van der Waals surface area contributed by atoms with Crippen molar-refractivity contribution in [3.63, 3.8) is 0 Å². The highest BCUT2D eigenvalue weighted by Gasteiger charge is 2.21. The van der Waals surface area contributed by atoms with Crippen molar-refractivity contribution in [3.05, 3.63) is 47.1 Å². The van der Waals surface area contributed by atoms with Crippen LogP contribution in [0.3, 0.4) is 0 Å². The summed E-state index contributed by atoms with van der Waals surface area (Å²) in [6, 6.07) is 7.88. The van der Waals surface area contributed by atoms with E-state index in [4.69, 9.17) is 4.74 Å². The van der Waals surface area contributed by atoms with Gasteiger partial charge < -0.3 is 4.74 Å². The summed E-state index contributed by atoms with van der Waals surface area (Å²) in [6.45, 7) is 0. The predicted octanol–water partition coefficient (Wildman–Crippen LogP) is 2.87. The Balaban J connectivity index is 2.16. The third-order valence-corrected chi connectivity index (χ3v) is 4.03. The van der Waals surface area contributed by atoms with Crippen molar-refractivity contribution in [1.82, 2.24) is 9.78 Å². The van der Waals surface area contributed by atoms with E-state index in [1.807, 2.05) is 29.6 Å². The summed E-state index contributed by atoms with van der Waals surface area (Å²) in [5.41, 5.74) is 1.17.